The second-order valence-corrected chi connectivity index (χ2v) is 10.8. The summed E-state index contributed by atoms with van der Waals surface area (Å²) in [6.07, 6.45) is 4.56. The number of carbonyl (C=O) groups is 2. The number of carbonyl (C=O) groups excluding carboxylic acids is 2. The molecule has 2 amide bonds. The molecule has 4 aliphatic rings. The smallest absolute Gasteiger partial charge is 0.245 e. The van der Waals surface area contributed by atoms with Crippen LogP contribution >= 0.6 is 11.3 Å². The lowest BCUT2D eigenvalue weighted by Gasteiger charge is -2.56. The molecule has 0 aliphatic carbocycles. The van der Waals surface area contributed by atoms with Crippen LogP contribution in [0.4, 0.5) is 0 Å². The van der Waals surface area contributed by atoms with Gasteiger partial charge in [0.2, 0.25) is 11.8 Å². The van der Waals surface area contributed by atoms with Gasteiger partial charge < -0.3 is 14.5 Å². The molecule has 0 N–H and O–H groups in total. The molecule has 4 saturated heterocycles. The van der Waals surface area contributed by atoms with Gasteiger partial charge in [0.25, 0.3) is 0 Å². The molecule has 1 aromatic heterocycles. The van der Waals surface area contributed by atoms with Crippen LogP contribution in [0.15, 0.2) is 12.1 Å². The summed E-state index contributed by atoms with van der Waals surface area (Å²) < 4.78 is 5.58. The van der Waals surface area contributed by atoms with Gasteiger partial charge >= 0.3 is 0 Å². The molecule has 164 valence electrons. The minimum atomic E-state index is -0.287. The fourth-order valence-electron chi connectivity index (χ4n) is 6.14. The summed E-state index contributed by atoms with van der Waals surface area (Å²) in [4.78, 5) is 36.1. The van der Waals surface area contributed by atoms with Gasteiger partial charge in [-0.05, 0) is 50.7 Å². The topological polar surface area (TPSA) is 53.1 Å². The largest absolute Gasteiger partial charge is 0.380 e. The molecule has 0 unspecified atom stereocenters. The SMILES string of the molecule is Cc1ccc(CN2C[C@H]3C[C@@H](C2)[C@H](C(=O)N2CCCOCC2)N2C(=O)CCC[C@@H]32)s1. The zero-order valence-electron chi connectivity index (χ0n) is 17.9. The molecule has 0 radical (unpaired) electrons. The summed E-state index contributed by atoms with van der Waals surface area (Å²) in [5.74, 6) is 1.09. The quantitative estimate of drug-likeness (QED) is 0.738. The number of fused-ring (bicyclic) bond motifs is 4. The molecule has 6 nitrogen and oxygen atoms in total. The van der Waals surface area contributed by atoms with E-state index in [0.29, 0.717) is 25.5 Å². The summed E-state index contributed by atoms with van der Waals surface area (Å²) in [5.41, 5.74) is 0. The van der Waals surface area contributed by atoms with Crippen molar-refractivity contribution in [3.8, 4) is 0 Å². The Morgan fingerprint density at radius 1 is 1.17 bits per heavy atom. The Hall–Kier alpha value is -1.44. The molecule has 2 bridgehead atoms. The van der Waals surface area contributed by atoms with Gasteiger partial charge in [0.15, 0.2) is 0 Å². The van der Waals surface area contributed by atoms with Crippen LogP contribution in [0.3, 0.4) is 0 Å². The van der Waals surface area contributed by atoms with Crippen LogP contribution in [-0.4, -0.2) is 78.0 Å². The second-order valence-electron chi connectivity index (χ2n) is 9.46. The monoisotopic (exact) mass is 431 g/mol. The number of ether oxygens (including phenoxy) is 1. The maximum atomic E-state index is 13.7. The number of thiophene rings is 1. The number of aryl methyl sites for hydroxylation is 1. The molecule has 0 spiro atoms. The zero-order valence-corrected chi connectivity index (χ0v) is 18.7. The lowest BCUT2D eigenvalue weighted by Crippen LogP contribution is -2.68. The van der Waals surface area contributed by atoms with Crippen molar-refractivity contribution in [2.24, 2.45) is 11.8 Å². The van der Waals surface area contributed by atoms with E-state index in [4.69, 9.17) is 4.74 Å². The highest BCUT2D eigenvalue weighted by molar-refractivity contribution is 7.11. The molecule has 4 aliphatic heterocycles. The predicted molar refractivity (Wildman–Crippen MR) is 116 cm³/mol. The number of hydrogen-bond donors (Lipinski definition) is 0. The van der Waals surface area contributed by atoms with E-state index in [-0.39, 0.29) is 29.8 Å². The highest BCUT2D eigenvalue weighted by atomic mass is 32.1. The Balaban J connectivity index is 1.40. The van der Waals surface area contributed by atoms with E-state index in [1.807, 2.05) is 21.1 Å². The van der Waals surface area contributed by atoms with Crippen LogP contribution in [-0.2, 0) is 20.9 Å². The van der Waals surface area contributed by atoms with E-state index in [9.17, 15) is 9.59 Å². The van der Waals surface area contributed by atoms with E-state index >= 15 is 0 Å². The van der Waals surface area contributed by atoms with Crippen molar-refractivity contribution >= 4 is 23.2 Å². The van der Waals surface area contributed by atoms with Crippen LogP contribution < -0.4 is 0 Å². The van der Waals surface area contributed by atoms with Crippen molar-refractivity contribution in [3.05, 3.63) is 21.9 Å². The van der Waals surface area contributed by atoms with Gasteiger partial charge in [-0.25, -0.2) is 0 Å². The molecule has 1 aromatic rings. The normalized spacial score (nSPS) is 32.6. The standard InChI is InChI=1S/C23H33N3O3S/c1-16-6-7-19(30-16)15-24-13-17-12-18(14-24)22(26-20(17)4-2-5-21(26)27)23(28)25-8-3-10-29-11-9-25/h6-7,17-18,20,22H,2-5,8-15H2,1H3/t17-,18+,20+,22-/m1/s1. The fraction of sp³-hybridized carbons (Fsp3) is 0.739. The van der Waals surface area contributed by atoms with Gasteiger partial charge in [-0.15, -0.1) is 11.3 Å². The van der Waals surface area contributed by atoms with Crippen LogP contribution in [0, 0.1) is 18.8 Å². The second kappa shape index (κ2) is 8.60. The van der Waals surface area contributed by atoms with E-state index < -0.39 is 0 Å². The molecule has 5 rings (SSSR count). The third kappa shape index (κ3) is 3.92. The maximum absolute atomic E-state index is 13.7. The zero-order chi connectivity index (χ0) is 20.7. The lowest BCUT2D eigenvalue weighted by molar-refractivity contribution is -0.165. The summed E-state index contributed by atoms with van der Waals surface area (Å²) in [5, 5.41) is 0. The molecular weight excluding hydrogens is 398 g/mol. The van der Waals surface area contributed by atoms with Crippen molar-refractivity contribution in [1.82, 2.24) is 14.7 Å². The Kier molecular flexibility index (Phi) is 5.86. The number of likely N-dealkylation sites (tertiary alicyclic amines) is 1. The van der Waals surface area contributed by atoms with Crippen molar-refractivity contribution in [1.29, 1.82) is 0 Å². The van der Waals surface area contributed by atoms with Crippen LogP contribution in [0.2, 0.25) is 0 Å². The first-order valence-electron chi connectivity index (χ1n) is 11.6. The van der Waals surface area contributed by atoms with Crippen LogP contribution in [0.25, 0.3) is 0 Å². The summed E-state index contributed by atoms with van der Waals surface area (Å²) in [6.45, 7) is 7.79. The van der Waals surface area contributed by atoms with Crippen LogP contribution in [0.1, 0.15) is 41.9 Å². The first-order valence-corrected chi connectivity index (χ1v) is 12.4. The summed E-state index contributed by atoms with van der Waals surface area (Å²) >= 11 is 1.87. The van der Waals surface area contributed by atoms with Crippen LogP contribution in [0.5, 0.6) is 0 Å². The lowest BCUT2D eigenvalue weighted by atomic mass is 9.71. The van der Waals surface area contributed by atoms with Gasteiger partial charge in [0, 0.05) is 67.5 Å². The number of piperidine rings is 3. The van der Waals surface area contributed by atoms with E-state index in [2.05, 4.69) is 24.0 Å². The number of hydrogen-bond acceptors (Lipinski definition) is 5. The van der Waals surface area contributed by atoms with E-state index in [1.165, 1.54) is 9.75 Å². The molecule has 30 heavy (non-hydrogen) atoms. The van der Waals surface area contributed by atoms with Crippen molar-refractivity contribution in [3.63, 3.8) is 0 Å². The van der Waals surface area contributed by atoms with Gasteiger partial charge in [-0.2, -0.15) is 0 Å². The maximum Gasteiger partial charge on any atom is 0.245 e. The highest BCUT2D eigenvalue weighted by Gasteiger charge is 2.52. The van der Waals surface area contributed by atoms with E-state index in [1.54, 1.807) is 0 Å². The molecule has 7 heteroatoms. The Bertz CT molecular complexity index is 788. The Morgan fingerprint density at radius 2 is 2.03 bits per heavy atom. The van der Waals surface area contributed by atoms with Crippen molar-refractivity contribution < 1.29 is 14.3 Å². The van der Waals surface area contributed by atoms with Gasteiger partial charge in [-0.1, -0.05) is 0 Å². The van der Waals surface area contributed by atoms with E-state index in [0.717, 1.165) is 58.5 Å². The average Bonchev–Trinajstić information content (AvgIpc) is 2.97. The molecular formula is C23H33N3O3S. The molecule has 4 fully saturated rings. The number of amides is 2. The predicted octanol–water partition coefficient (Wildman–Crippen LogP) is 2.51. The first-order chi connectivity index (χ1) is 14.6. The van der Waals surface area contributed by atoms with Gasteiger partial charge in [0.1, 0.15) is 6.04 Å². The third-order valence-electron chi connectivity index (χ3n) is 7.38. The Labute approximate surface area is 183 Å². The number of rotatable bonds is 3. The Morgan fingerprint density at radius 3 is 2.87 bits per heavy atom. The average molecular weight is 432 g/mol. The highest BCUT2D eigenvalue weighted by Crippen LogP contribution is 2.42. The van der Waals surface area contributed by atoms with Gasteiger partial charge in [0.05, 0.1) is 6.61 Å². The van der Waals surface area contributed by atoms with Gasteiger partial charge in [-0.3, -0.25) is 14.5 Å². The number of nitrogens with zero attached hydrogens (tertiary/aromatic N) is 3. The third-order valence-corrected chi connectivity index (χ3v) is 8.36. The van der Waals surface area contributed by atoms with Crippen molar-refractivity contribution in [2.45, 2.75) is 57.7 Å². The minimum Gasteiger partial charge on any atom is -0.380 e. The molecule has 0 saturated carbocycles. The first kappa shape index (κ1) is 20.5. The summed E-state index contributed by atoms with van der Waals surface area (Å²) in [6, 6.07) is 4.37. The minimum absolute atomic E-state index is 0.165. The molecule has 5 heterocycles. The molecule has 4 atom stereocenters. The summed E-state index contributed by atoms with van der Waals surface area (Å²) in [7, 11) is 0. The van der Waals surface area contributed by atoms with Crippen molar-refractivity contribution in [2.75, 3.05) is 39.4 Å². The fourth-order valence-corrected chi connectivity index (χ4v) is 7.08. The molecule has 0 aromatic carbocycles.